The number of hydrogen-bond acceptors (Lipinski definition) is 2. The van der Waals surface area contributed by atoms with Crippen molar-refractivity contribution >= 4 is 0 Å². The molecule has 0 amide bonds. The van der Waals surface area contributed by atoms with Crippen molar-refractivity contribution in [2.45, 2.75) is 6.42 Å². The van der Waals surface area contributed by atoms with Gasteiger partial charge in [0, 0.05) is 7.04 Å². The first-order valence-corrected chi connectivity index (χ1v) is 3.39. The van der Waals surface area contributed by atoms with Crippen LogP contribution in [0.2, 0.25) is 0 Å². The summed E-state index contributed by atoms with van der Waals surface area (Å²) in [6.45, 7) is 0.154. The highest BCUT2D eigenvalue weighted by molar-refractivity contribution is 5.25. The Bertz CT molecular complexity index is 279. The Morgan fingerprint density at radius 3 is 2.82 bits per heavy atom. The number of hydrogen-bond donors (Lipinski definition) is 1. The van der Waals surface area contributed by atoms with E-state index >= 15 is 0 Å². The van der Waals surface area contributed by atoms with Crippen LogP contribution in [-0.2, 0) is 11.2 Å². The van der Waals surface area contributed by atoms with E-state index in [1.54, 1.807) is 24.3 Å². The second-order valence-electron chi connectivity index (χ2n) is 2.26. The molecule has 0 bridgehead atoms. The van der Waals surface area contributed by atoms with E-state index in [2.05, 4.69) is 4.74 Å². The van der Waals surface area contributed by atoms with Crippen LogP contribution in [0.4, 0.5) is 0 Å². The predicted molar refractivity (Wildman–Crippen MR) is 43.7 cm³/mol. The molecular weight excluding hydrogens is 140 g/mol. The lowest BCUT2D eigenvalue weighted by Crippen LogP contribution is -1.93. The van der Waals surface area contributed by atoms with E-state index in [0.717, 1.165) is 5.56 Å². The van der Waals surface area contributed by atoms with Gasteiger partial charge in [0.2, 0.25) is 0 Å². The van der Waals surface area contributed by atoms with Gasteiger partial charge in [0.25, 0.3) is 0 Å². The maximum absolute atomic E-state index is 8.99. The van der Waals surface area contributed by atoms with Crippen molar-refractivity contribution in [3.05, 3.63) is 29.8 Å². The van der Waals surface area contributed by atoms with E-state index < -0.39 is 7.04 Å². The highest BCUT2D eigenvalue weighted by atomic mass is 16.5. The molecule has 0 atom stereocenters. The van der Waals surface area contributed by atoms with Gasteiger partial charge < -0.3 is 9.84 Å². The van der Waals surface area contributed by atoms with Crippen LogP contribution in [0.5, 0.6) is 5.75 Å². The molecule has 1 rings (SSSR count). The van der Waals surface area contributed by atoms with Gasteiger partial charge in [-0.1, -0.05) is 12.1 Å². The van der Waals surface area contributed by atoms with Crippen molar-refractivity contribution in [3.63, 3.8) is 0 Å². The molecule has 1 N–H and O–H groups in total. The van der Waals surface area contributed by atoms with E-state index in [0.29, 0.717) is 6.42 Å². The van der Waals surface area contributed by atoms with E-state index in [-0.39, 0.29) is 12.4 Å². The Morgan fingerprint density at radius 2 is 2.18 bits per heavy atom. The largest absolute Gasteiger partial charge is 0.508 e. The molecule has 0 fully saturated rings. The van der Waals surface area contributed by atoms with Crippen LogP contribution in [0, 0.1) is 0 Å². The number of rotatable bonds is 3. The molecule has 0 heterocycles. The van der Waals surface area contributed by atoms with Gasteiger partial charge in [0.15, 0.2) is 0 Å². The third-order valence-corrected chi connectivity index (χ3v) is 1.43. The predicted octanol–water partition coefficient (Wildman–Crippen LogP) is 1.58. The van der Waals surface area contributed by atoms with Gasteiger partial charge in [-0.25, -0.2) is 0 Å². The zero-order valence-electron chi connectivity index (χ0n) is 9.08. The topological polar surface area (TPSA) is 29.5 Å². The maximum Gasteiger partial charge on any atom is 0.115 e. The third kappa shape index (κ3) is 2.60. The molecule has 0 saturated carbocycles. The van der Waals surface area contributed by atoms with E-state index in [9.17, 15) is 0 Å². The van der Waals surface area contributed by atoms with Crippen LogP contribution < -0.4 is 0 Å². The number of ether oxygens (including phenoxy) is 1. The van der Waals surface area contributed by atoms with Gasteiger partial charge in [-0.05, 0) is 24.1 Å². The first-order chi connectivity index (χ1) is 6.47. The number of benzene rings is 1. The lowest BCUT2D eigenvalue weighted by molar-refractivity contribution is 0.202. The van der Waals surface area contributed by atoms with Crippen molar-refractivity contribution in [3.8, 4) is 5.75 Å². The number of phenolic OH excluding ortho intramolecular Hbond substituents is 1. The molecule has 0 aromatic heterocycles. The van der Waals surface area contributed by atoms with Crippen LogP contribution >= 0.6 is 0 Å². The summed E-state index contributed by atoms with van der Waals surface area (Å²) in [7, 11) is -2.32. The smallest absolute Gasteiger partial charge is 0.115 e. The summed E-state index contributed by atoms with van der Waals surface area (Å²) in [6.07, 6.45) is 0.526. The quantitative estimate of drug-likeness (QED) is 0.718. The number of phenols is 1. The van der Waals surface area contributed by atoms with Gasteiger partial charge in [-0.15, -0.1) is 0 Å². The molecule has 0 spiro atoms. The molecule has 60 valence electrons. The van der Waals surface area contributed by atoms with Crippen LogP contribution in [0.15, 0.2) is 24.3 Å². The van der Waals surface area contributed by atoms with Gasteiger partial charge >= 0.3 is 0 Å². The molecule has 0 aliphatic heterocycles. The van der Waals surface area contributed by atoms with Crippen molar-refractivity contribution < 1.29 is 14.0 Å². The fourth-order valence-corrected chi connectivity index (χ4v) is 0.831. The van der Waals surface area contributed by atoms with Gasteiger partial charge in [-0.2, -0.15) is 0 Å². The summed E-state index contributed by atoms with van der Waals surface area (Å²) in [4.78, 5) is 0. The number of aromatic hydroxyl groups is 1. The monoisotopic (exact) mass is 155 g/mol. The van der Waals surface area contributed by atoms with Crippen LogP contribution in [0.1, 0.15) is 9.68 Å². The summed E-state index contributed by atoms with van der Waals surface area (Å²) in [5.41, 5.74) is 0.937. The minimum absolute atomic E-state index is 0.154. The maximum atomic E-state index is 8.99. The third-order valence-electron chi connectivity index (χ3n) is 1.43. The fraction of sp³-hybridized carbons (Fsp3) is 0.333. The molecule has 0 unspecified atom stereocenters. The number of methoxy groups -OCH3 is 1. The molecular formula is C9H12O2. The molecule has 2 heteroatoms. The average Bonchev–Trinajstić information content (AvgIpc) is 2.06. The standard InChI is InChI=1S/C9H12O2/c1-11-7-6-8-2-4-9(10)5-3-8/h2-5,10H,6-7H2,1H3/i1D3. The minimum atomic E-state index is -2.32. The highest BCUT2D eigenvalue weighted by Crippen LogP contribution is 2.09. The molecule has 1 aromatic rings. The van der Waals surface area contributed by atoms with Crippen molar-refractivity contribution in [1.82, 2.24) is 0 Å². The summed E-state index contributed by atoms with van der Waals surface area (Å²) >= 11 is 0. The normalized spacial score (nSPS) is 15.1. The Balaban J connectivity index is 2.35. The lowest BCUT2D eigenvalue weighted by Gasteiger charge is -1.99. The first-order valence-electron chi connectivity index (χ1n) is 4.89. The van der Waals surface area contributed by atoms with Gasteiger partial charge in [0.1, 0.15) is 5.75 Å². The zero-order chi connectivity index (χ0) is 10.6. The highest BCUT2D eigenvalue weighted by Gasteiger charge is 1.91. The minimum Gasteiger partial charge on any atom is -0.508 e. The molecule has 1 aromatic carbocycles. The van der Waals surface area contributed by atoms with Gasteiger partial charge in [-0.3, -0.25) is 0 Å². The molecule has 2 nitrogen and oxygen atoms in total. The van der Waals surface area contributed by atoms with E-state index in [1.807, 2.05) is 0 Å². The van der Waals surface area contributed by atoms with Crippen LogP contribution in [-0.4, -0.2) is 18.8 Å². The molecule has 0 saturated heterocycles. The lowest BCUT2D eigenvalue weighted by atomic mass is 10.1. The first kappa shape index (κ1) is 4.78. The van der Waals surface area contributed by atoms with Crippen LogP contribution in [0.3, 0.4) is 0 Å². The molecule has 0 aliphatic rings. The average molecular weight is 155 g/mol. The van der Waals surface area contributed by atoms with Crippen molar-refractivity contribution in [2.24, 2.45) is 0 Å². The molecule has 0 radical (unpaired) electrons. The van der Waals surface area contributed by atoms with E-state index in [4.69, 9.17) is 9.22 Å². The molecule has 11 heavy (non-hydrogen) atoms. The Labute approximate surface area is 70.6 Å². The van der Waals surface area contributed by atoms with Gasteiger partial charge in [0.05, 0.1) is 10.7 Å². The van der Waals surface area contributed by atoms with E-state index in [1.165, 1.54) is 0 Å². The summed E-state index contributed by atoms with van der Waals surface area (Å²) in [5.74, 6) is 0.200. The Morgan fingerprint density at radius 1 is 1.45 bits per heavy atom. The fourth-order valence-electron chi connectivity index (χ4n) is 0.831. The second-order valence-corrected chi connectivity index (χ2v) is 2.26. The summed E-state index contributed by atoms with van der Waals surface area (Å²) in [5, 5.41) is 8.99. The Kier molecular flexibility index (Phi) is 1.73. The second kappa shape index (κ2) is 3.98. The molecule has 0 aliphatic carbocycles. The summed E-state index contributed by atoms with van der Waals surface area (Å²) in [6, 6.07) is 6.59. The van der Waals surface area contributed by atoms with Crippen LogP contribution in [0.25, 0.3) is 0 Å². The van der Waals surface area contributed by atoms with Crippen molar-refractivity contribution in [1.29, 1.82) is 0 Å². The SMILES string of the molecule is [2H]C([2H])([2H])OCCc1ccc(O)cc1. The zero-order valence-corrected chi connectivity index (χ0v) is 6.08. The Hall–Kier alpha value is -1.02. The summed E-state index contributed by atoms with van der Waals surface area (Å²) < 4.78 is 25.0. The van der Waals surface area contributed by atoms with Crippen molar-refractivity contribution in [2.75, 3.05) is 13.6 Å².